The van der Waals surface area contributed by atoms with Crippen molar-refractivity contribution < 1.29 is 0 Å². The molecule has 0 aromatic carbocycles. The van der Waals surface area contributed by atoms with Crippen LogP contribution in [0.25, 0.3) is 0 Å². The molecular formula is C8H16BrN. The molecule has 1 aliphatic rings. The van der Waals surface area contributed by atoms with Gasteiger partial charge in [0.2, 0.25) is 0 Å². The normalized spacial score (nSPS) is 21.6. The van der Waals surface area contributed by atoms with Gasteiger partial charge in [-0.1, -0.05) is 15.9 Å². The van der Waals surface area contributed by atoms with Crippen LogP contribution in [0.3, 0.4) is 0 Å². The van der Waals surface area contributed by atoms with Crippen molar-refractivity contribution in [3.05, 3.63) is 0 Å². The first-order valence-corrected chi connectivity index (χ1v) is 5.14. The van der Waals surface area contributed by atoms with Crippen molar-refractivity contribution in [2.24, 2.45) is 5.92 Å². The standard InChI is InChI=1S/C8H16BrN/c1-7(8-3-4-8)10(2)6-5-9/h7-8H,3-6H2,1-2H3. The van der Waals surface area contributed by atoms with Crippen molar-refractivity contribution in [2.45, 2.75) is 25.8 Å². The first-order chi connectivity index (χ1) is 4.75. The molecule has 0 aliphatic heterocycles. The highest BCUT2D eigenvalue weighted by molar-refractivity contribution is 9.09. The van der Waals surface area contributed by atoms with Crippen molar-refractivity contribution >= 4 is 15.9 Å². The van der Waals surface area contributed by atoms with Gasteiger partial charge in [-0.15, -0.1) is 0 Å². The van der Waals surface area contributed by atoms with E-state index in [-0.39, 0.29) is 0 Å². The fourth-order valence-electron chi connectivity index (χ4n) is 1.28. The lowest BCUT2D eigenvalue weighted by molar-refractivity contribution is 0.249. The molecule has 0 amide bonds. The van der Waals surface area contributed by atoms with E-state index >= 15 is 0 Å². The van der Waals surface area contributed by atoms with Gasteiger partial charge in [-0.25, -0.2) is 0 Å². The Morgan fingerprint density at radius 2 is 2.20 bits per heavy atom. The van der Waals surface area contributed by atoms with Gasteiger partial charge in [0.25, 0.3) is 0 Å². The van der Waals surface area contributed by atoms with Crippen molar-refractivity contribution in [3.8, 4) is 0 Å². The van der Waals surface area contributed by atoms with Crippen molar-refractivity contribution in [2.75, 3.05) is 18.9 Å². The Morgan fingerprint density at radius 1 is 1.60 bits per heavy atom. The summed E-state index contributed by atoms with van der Waals surface area (Å²) in [5.41, 5.74) is 0. The quantitative estimate of drug-likeness (QED) is 0.637. The molecule has 60 valence electrons. The molecule has 0 saturated heterocycles. The van der Waals surface area contributed by atoms with Crippen LogP contribution in [0.2, 0.25) is 0 Å². The molecule has 0 aromatic rings. The molecule has 1 aliphatic carbocycles. The minimum absolute atomic E-state index is 0.803. The summed E-state index contributed by atoms with van der Waals surface area (Å²) < 4.78 is 0. The van der Waals surface area contributed by atoms with Gasteiger partial charge in [-0.05, 0) is 32.7 Å². The van der Waals surface area contributed by atoms with Crippen LogP contribution >= 0.6 is 15.9 Å². The zero-order valence-electron chi connectivity index (χ0n) is 6.81. The molecule has 0 N–H and O–H groups in total. The van der Waals surface area contributed by atoms with Crippen LogP contribution in [0.1, 0.15) is 19.8 Å². The average Bonchev–Trinajstić information content (AvgIpc) is 2.68. The van der Waals surface area contributed by atoms with Gasteiger partial charge in [0.1, 0.15) is 0 Å². The lowest BCUT2D eigenvalue weighted by Gasteiger charge is -2.23. The second kappa shape index (κ2) is 3.72. The highest BCUT2D eigenvalue weighted by Crippen LogP contribution is 2.34. The fourth-order valence-corrected chi connectivity index (χ4v) is 1.83. The predicted molar refractivity (Wildman–Crippen MR) is 48.6 cm³/mol. The number of hydrogen-bond donors (Lipinski definition) is 0. The maximum atomic E-state index is 3.45. The number of nitrogens with zero attached hydrogens (tertiary/aromatic N) is 1. The SMILES string of the molecule is CC(C1CC1)N(C)CCBr. The van der Waals surface area contributed by atoms with Crippen LogP contribution in [0.15, 0.2) is 0 Å². The minimum atomic E-state index is 0.803. The zero-order chi connectivity index (χ0) is 7.56. The van der Waals surface area contributed by atoms with E-state index in [1.165, 1.54) is 19.4 Å². The van der Waals surface area contributed by atoms with E-state index < -0.39 is 0 Å². The third-order valence-electron chi connectivity index (χ3n) is 2.44. The van der Waals surface area contributed by atoms with Crippen molar-refractivity contribution in [1.82, 2.24) is 4.90 Å². The lowest BCUT2D eigenvalue weighted by atomic mass is 10.2. The maximum Gasteiger partial charge on any atom is 0.0159 e. The van der Waals surface area contributed by atoms with Crippen LogP contribution in [-0.2, 0) is 0 Å². The van der Waals surface area contributed by atoms with Crippen LogP contribution in [0.4, 0.5) is 0 Å². The summed E-state index contributed by atoms with van der Waals surface area (Å²) in [5.74, 6) is 1.00. The smallest absolute Gasteiger partial charge is 0.0159 e. The Morgan fingerprint density at radius 3 is 2.60 bits per heavy atom. The van der Waals surface area contributed by atoms with E-state index in [0.29, 0.717) is 0 Å². The number of alkyl halides is 1. The van der Waals surface area contributed by atoms with E-state index in [1.807, 2.05) is 0 Å². The molecule has 2 heteroatoms. The van der Waals surface area contributed by atoms with E-state index in [1.54, 1.807) is 0 Å². The average molecular weight is 206 g/mol. The summed E-state index contributed by atoms with van der Waals surface area (Å²) in [6.07, 6.45) is 2.90. The second-order valence-corrected chi connectivity index (χ2v) is 4.04. The zero-order valence-corrected chi connectivity index (χ0v) is 8.39. The lowest BCUT2D eigenvalue weighted by Crippen LogP contribution is -2.32. The van der Waals surface area contributed by atoms with Gasteiger partial charge in [0.15, 0.2) is 0 Å². The molecule has 0 heterocycles. The first-order valence-electron chi connectivity index (χ1n) is 4.02. The van der Waals surface area contributed by atoms with Crippen molar-refractivity contribution in [1.29, 1.82) is 0 Å². The highest BCUT2D eigenvalue weighted by Gasteiger charge is 2.29. The molecule has 0 spiro atoms. The number of rotatable bonds is 4. The first kappa shape index (κ1) is 8.54. The molecule has 0 radical (unpaired) electrons. The number of hydrogen-bond acceptors (Lipinski definition) is 1. The number of halogens is 1. The summed E-state index contributed by atoms with van der Waals surface area (Å²) in [5, 5.41) is 1.10. The molecule has 1 unspecified atom stereocenters. The van der Waals surface area contributed by atoms with E-state index in [0.717, 1.165) is 17.3 Å². The van der Waals surface area contributed by atoms with Gasteiger partial charge < -0.3 is 4.90 Å². The van der Waals surface area contributed by atoms with Crippen LogP contribution < -0.4 is 0 Å². The Labute approximate surface area is 71.9 Å². The van der Waals surface area contributed by atoms with Crippen LogP contribution in [0.5, 0.6) is 0 Å². The summed E-state index contributed by atoms with van der Waals surface area (Å²) in [7, 11) is 2.21. The van der Waals surface area contributed by atoms with Crippen LogP contribution in [-0.4, -0.2) is 29.9 Å². The fraction of sp³-hybridized carbons (Fsp3) is 1.00. The Kier molecular flexibility index (Phi) is 3.18. The monoisotopic (exact) mass is 205 g/mol. The maximum absolute atomic E-state index is 3.45. The molecule has 1 rings (SSSR count). The minimum Gasteiger partial charge on any atom is -0.303 e. The van der Waals surface area contributed by atoms with E-state index in [9.17, 15) is 0 Å². The Balaban J connectivity index is 2.17. The summed E-state index contributed by atoms with van der Waals surface area (Å²) in [6.45, 7) is 3.51. The molecular weight excluding hydrogens is 190 g/mol. The Bertz CT molecular complexity index is 101. The Hall–Kier alpha value is 0.440. The third-order valence-corrected chi connectivity index (χ3v) is 2.79. The molecule has 0 aromatic heterocycles. The summed E-state index contributed by atoms with van der Waals surface area (Å²) in [6, 6.07) is 0.803. The largest absolute Gasteiger partial charge is 0.303 e. The van der Waals surface area contributed by atoms with Gasteiger partial charge in [-0.2, -0.15) is 0 Å². The van der Waals surface area contributed by atoms with Gasteiger partial charge in [0.05, 0.1) is 0 Å². The second-order valence-electron chi connectivity index (χ2n) is 3.25. The van der Waals surface area contributed by atoms with E-state index in [4.69, 9.17) is 0 Å². The van der Waals surface area contributed by atoms with Gasteiger partial charge in [-0.3, -0.25) is 0 Å². The predicted octanol–water partition coefficient (Wildman–Crippen LogP) is 2.11. The van der Waals surface area contributed by atoms with Gasteiger partial charge in [0, 0.05) is 17.9 Å². The summed E-state index contributed by atoms with van der Waals surface area (Å²) in [4.78, 5) is 2.44. The molecule has 1 nitrogen and oxygen atoms in total. The van der Waals surface area contributed by atoms with E-state index in [2.05, 4.69) is 34.8 Å². The molecule has 1 fully saturated rings. The molecule has 10 heavy (non-hydrogen) atoms. The molecule has 0 bridgehead atoms. The molecule has 1 saturated carbocycles. The van der Waals surface area contributed by atoms with Gasteiger partial charge >= 0.3 is 0 Å². The highest BCUT2D eigenvalue weighted by atomic mass is 79.9. The third kappa shape index (κ3) is 2.24. The van der Waals surface area contributed by atoms with Crippen LogP contribution in [0, 0.1) is 5.92 Å². The topological polar surface area (TPSA) is 3.24 Å². The molecule has 1 atom stereocenters. The van der Waals surface area contributed by atoms with Crippen molar-refractivity contribution in [3.63, 3.8) is 0 Å². The summed E-state index contributed by atoms with van der Waals surface area (Å²) >= 11 is 3.45.